The lowest BCUT2D eigenvalue weighted by Gasteiger charge is -2.47. The lowest BCUT2D eigenvalue weighted by atomic mass is 9.58. The number of carbonyl (C=O) groups is 2. The van der Waals surface area contributed by atoms with Crippen molar-refractivity contribution in [2.75, 3.05) is 0 Å². The van der Waals surface area contributed by atoms with E-state index < -0.39 is 6.09 Å². The molecule has 0 radical (unpaired) electrons. The smallest absolute Gasteiger partial charge is 0.407 e. The predicted octanol–water partition coefficient (Wildman–Crippen LogP) is 6.41. The van der Waals surface area contributed by atoms with Gasteiger partial charge in [0.1, 0.15) is 11.9 Å². The van der Waals surface area contributed by atoms with E-state index in [2.05, 4.69) is 29.6 Å². The molecular weight excluding hydrogens is 422 g/mol. The van der Waals surface area contributed by atoms with Crippen LogP contribution in [0.15, 0.2) is 91.0 Å². The van der Waals surface area contributed by atoms with Crippen LogP contribution in [0.5, 0.6) is 0 Å². The molecule has 0 saturated heterocycles. The maximum Gasteiger partial charge on any atom is 0.407 e. The molecule has 6 atom stereocenters. The summed E-state index contributed by atoms with van der Waals surface area (Å²) in [6.45, 7) is 1.96. The van der Waals surface area contributed by atoms with Crippen LogP contribution in [-0.4, -0.2) is 18.0 Å². The SMILES string of the molecule is C[C@@H](NC(=O)O[C@@H]1C[C@H](c2ccccc2)[C@H]2C[C@H]1[C@@H](c1ccccc1)CC2=O)c1ccccc1. The molecular formula is C30H31NO3. The summed E-state index contributed by atoms with van der Waals surface area (Å²) in [5.41, 5.74) is 3.35. The van der Waals surface area contributed by atoms with E-state index in [1.54, 1.807) is 0 Å². The molecule has 2 aliphatic rings. The van der Waals surface area contributed by atoms with Crippen molar-refractivity contribution in [2.45, 2.75) is 50.2 Å². The number of Topliss-reactive ketones (excluding diaryl/α,β-unsaturated/α-hetero) is 1. The molecule has 4 nitrogen and oxygen atoms in total. The van der Waals surface area contributed by atoms with Crippen LogP contribution in [0.3, 0.4) is 0 Å². The summed E-state index contributed by atoms with van der Waals surface area (Å²) in [6.07, 6.45) is 1.29. The maximum absolute atomic E-state index is 13.3. The molecule has 0 aromatic heterocycles. The number of hydrogen-bond acceptors (Lipinski definition) is 3. The molecule has 2 fully saturated rings. The van der Waals surface area contributed by atoms with E-state index in [1.165, 1.54) is 0 Å². The number of fused-ring (bicyclic) bond motifs is 2. The summed E-state index contributed by atoms with van der Waals surface area (Å²) < 4.78 is 6.15. The monoisotopic (exact) mass is 453 g/mol. The van der Waals surface area contributed by atoms with Gasteiger partial charge in [-0.1, -0.05) is 91.0 Å². The number of ether oxygens (including phenoxy) is 1. The summed E-state index contributed by atoms with van der Waals surface area (Å²) in [5, 5.41) is 3.01. The Bertz CT molecular complexity index is 1080. The fourth-order valence-electron chi connectivity index (χ4n) is 5.94. The number of hydrogen-bond donors (Lipinski definition) is 1. The highest BCUT2D eigenvalue weighted by Crippen LogP contribution is 2.52. The second-order valence-electron chi connectivity index (χ2n) is 9.67. The van der Waals surface area contributed by atoms with Crippen LogP contribution in [0.25, 0.3) is 0 Å². The van der Waals surface area contributed by atoms with Crippen LogP contribution >= 0.6 is 0 Å². The van der Waals surface area contributed by atoms with Crippen LogP contribution in [-0.2, 0) is 9.53 Å². The third-order valence-corrected chi connectivity index (χ3v) is 7.67. The number of nitrogens with one attached hydrogen (secondary N) is 1. The van der Waals surface area contributed by atoms with E-state index in [1.807, 2.05) is 73.7 Å². The molecule has 3 aromatic carbocycles. The first kappa shape index (κ1) is 22.4. The van der Waals surface area contributed by atoms with E-state index in [9.17, 15) is 9.59 Å². The van der Waals surface area contributed by atoms with E-state index >= 15 is 0 Å². The molecule has 34 heavy (non-hydrogen) atoms. The van der Waals surface area contributed by atoms with E-state index in [0.29, 0.717) is 18.6 Å². The lowest BCUT2D eigenvalue weighted by molar-refractivity contribution is -0.132. The zero-order valence-corrected chi connectivity index (χ0v) is 19.5. The number of alkyl carbamates (subject to hydrolysis) is 1. The molecule has 1 N–H and O–H groups in total. The largest absolute Gasteiger partial charge is 0.446 e. The lowest BCUT2D eigenvalue weighted by Crippen LogP contribution is -2.48. The zero-order chi connectivity index (χ0) is 23.5. The average Bonchev–Trinajstić information content (AvgIpc) is 2.88. The van der Waals surface area contributed by atoms with E-state index in [0.717, 1.165) is 23.1 Å². The molecule has 4 heteroatoms. The number of ketones is 1. The van der Waals surface area contributed by atoms with Crippen molar-refractivity contribution in [3.8, 4) is 0 Å². The Hall–Kier alpha value is -3.40. The molecule has 3 aromatic rings. The first-order chi connectivity index (χ1) is 16.6. The Morgan fingerprint density at radius 2 is 1.35 bits per heavy atom. The number of carbonyl (C=O) groups excluding carboxylic acids is 2. The summed E-state index contributed by atoms with van der Waals surface area (Å²) in [5.74, 6) is 0.595. The fraction of sp³-hybridized carbons (Fsp3) is 0.333. The van der Waals surface area contributed by atoms with Crippen molar-refractivity contribution >= 4 is 11.9 Å². The van der Waals surface area contributed by atoms with Gasteiger partial charge in [-0.2, -0.15) is 0 Å². The highest BCUT2D eigenvalue weighted by molar-refractivity contribution is 5.84. The van der Waals surface area contributed by atoms with E-state index in [4.69, 9.17) is 4.74 Å². The normalized spacial score (nSPS) is 27.0. The Kier molecular flexibility index (Phi) is 6.48. The Morgan fingerprint density at radius 3 is 1.97 bits per heavy atom. The maximum atomic E-state index is 13.3. The number of amides is 1. The van der Waals surface area contributed by atoms with Gasteiger partial charge in [0, 0.05) is 18.3 Å². The number of rotatable bonds is 5. The Labute approximate surface area is 201 Å². The minimum absolute atomic E-state index is 0.0153. The van der Waals surface area contributed by atoms with Crippen LogP contribution < -0.4 is 5.32 Å². The predicted molar refractivity (Wildman–Crippen MR) is 132 cm³/mol. The molecule has 174 valence electrons. The molecule has 2 aliphatic carbocycles. The first-order valence-electron chi connectivity index (χ1n) is 12.2. The minimum atomic E-state index is -0.393. The minimum Gasteiger partial charge on any atom is -0.446 e. The van der Waals surface area contributed by atoms with Gasteiger partial charge in [-0.15, -0.1) is 0 Å². The van der Waals surface area contributed by atoms with Crippen LogP contribution in [0.2, 0.25) is 0 Å². The summed E-state index contributed by atoms with van der Waals surface area (Å²) in [4.78, 5) is 26.3. The molecule has 1 amide bonds. The van der Waals surface area contributed by atoms with Crippen molar-refractivity contribution in [3.63, 3.8) is 0 Å². The molecule has 0 unspecified atom stereocenters. The summed E-state index contributed by atoms with van der Waals surface area (Å²) >= 11 is 0. The highest BCUT2D eigenvalue weighted by atomic mass is 16.6. The number of benzene rings is 3. The quantitative estimate of drug-likeness (QED) is 0.486. The van der Waals surface area contributed by atoms with Gasteiger partial charge < -0.3 is 10.1 Å². The average molecular weight is 454 g/mol. The molecule has 2 saturated carbocycles. The third kappa shape index (κ3) is 4.63. The second kappa shape index (κ2) is 9.84. The second-order valence-corrected chi connectivity index (χ2v) is 9.67. The third-order valence-electron chi connectivity index (χ3n) is 7.67. The van der Waals surface area contributed by atoms with Crippen molar-refractivity contribution in [1.82, 2.24) is 5.32 Å². The molecule has 0 aliphatic heterocycles. The van der Waals surface area contributed by atoms with Crippen molar-refractivity contribution in [1.29, 1.82) is 0 Å². The Morgan fingerprint density at radius 1 is 0.794 bits per heavy atom. The van der Waals surface area contributed by atoms with Gasteiger partial charge in [0.2, 0.25) is 0 Å². The van der Waals surface area contributed by atoms with Gasteiger partial charge in [-0.05, 0) is 48.3 Å². The van der Waals surface area contributed by atoms with Crippen LogP contribution in [0.4, 0.5) is 4.79 Å². The standard InChI is InChI=1S/C30H31NO3/c1-20(21-11-5-2-6-12-21)31-30(33)34-29-19-25(23-15-9-4-10-16-23)26-17-27(29)24(18-28(26)32)22-13-7-3-8-14-22/h2-16,20,24-27,29H,17-19H2,1H3,(H,31,33)/t20-,24-,25-,26-,27+,29-/m1/s1. The van der Waals surface area contributed by atoms with Gasteiger partial charge in [-0.3, -0.25) is 4.79 Å². The van der Waals surface area contributed by atoms with Crippen molar-refractivity contribution in [2.24, 2.45) is 11.8 Å². The van der Waals surface area contributed by atoms with Gasteiger partial charge in [0.15, 0.2) is 0 Å². The molecule has 0 heterocycles. The van der Waals surface area contributed by atoms with E-state index in [-0.39, 0.29) is 35.8 Å². The van der Waals surface area contributed by atoms with Gasteiger partial charge in [0.25, 0.3) is 0 Å². The van der Waals surface area contributed by atoms with Gasteiger partial charge in [-0.25, -0.2) is 4.79 Å². The van der Waals surface area contributed by atoms with Gasteiger partial charge >= 0.3 is 6.09 Å². The van der Waals surface area contributed by atoms with Crippen molar-refractivity contribution in [3.05, 3.63) is 108 Å². The Balaban J connectivity index is 1.39. The zero-order valence-electron chi connectivity index (χ0n) is 19.5. The molecule has 2 bridgehead atoms. The highest BCUT2D eigenvalue weighted by Gasteiger charge is 2.50. The summed E-state index contributed by atoms with van der Waals surface area (Å²) in [6, 6.07) is 30.2. The molecule has 5 rings (SSSR count). The fourth-order valence-corrected chi connectivity index (χ4v) is 5.94. The molecule has 0 spiro atoms. The van der Waals surface area contributed by atoms with Gasteiger partial charge in [0.05, 0.1) is 6.04 Å². The summed E-state index contributed by atoms with van der Waals surface area (Å²) in [7, 11) is 0. The van der Waals surface area contributed by atoms with Crippen LogP contribution in [0, 0.1) is 11.8 Å². The van der Waals surface area contributed by atoms with Crippen LogP contribution in [0.1, 0.15) is 60.8 Å². The first-order valence-corrected chi connectivity index (χ1v) is 12.2. The topological polar surface area (TPSA) is 55.4 Å². The van der Waals surface area contributed by atoms with Crippen molar-refractivity contribution < 1.29 is 14.3 Å².